The maximum atomic E-state index is 11.5. The van der Waals surface area contributed by atoms with E-state index in [0.717, 1.165) is 28.8 Å². The number of rotatable bonds is 4. The monoisotopic (exact) mass is 365 g/mol. The summed E-state index contributed by atoms with van der Waals surface area (Å²) in [5.41, 5.74) is 3.36. The SMILES string of the molecule is CS(=O)(=O)Nc1nc2nc(-c3ccccc3)cc(-c3ccccc3)n2n1. The molecule has 0 aliphatic carbocycles. The molecule has 2 heterocycles. The minimum absolute atomic E-state index is 0.0117. The number of nitrogens with zero attached hydrogens (tertiary/aromatic N) is 4. The molecule has 1 N–H and O–H groups in total. The van der Waals surface area contributed by atoms with Gasteiger partial charge in [0.15, 0.2) is 0 Å². The van der Waals surface area contributed by atoms with Gasteiger partial charge in [-0.25, -0.2) is 13.4 Å². The minimum Gasteiger partial charge on any atom is -0.250 e. The molecular formula is C18H15N5O2S. The van der Waals surface area contributed by atoms with E-state index in [2.05, 4.69) is 19.8 Å². The zero-order valence-corrected chi connectivity index (χ0v) is 14.7. The van der Waals surface area contributed by atoms with Crippen molar-refractivity contribution in [1.82, 2.24) is 19.6 Å². The van der Waals surface area contributed by atoms with Crippen molar-refractivity contribution in [2.24, 2.45) is 0 Å². The Kier molecular flexibility index (Phi) is 3.89. The number of fused-ring (bicyclic) bond motifs is 1. The van der Waals surface area contributed by atoms with E-state index in [1.54, 1.807) is 0 Å². The van der Waals surface area contributed by atoms with Gasteiger partial charge in [0.25, 0.3) is 11.7 Å². The Hall–Kier alpha value is -3.26. The van der Waals surface area contributed by atoms with Crippen molar-refractivity contribution < 1.29 is 8.42 Å². The van der Waals surface area contributed by atoms with E-state index in [4.69, 9.17) is 0 Å². The first kappa shape index (κ1) is 16.2. The van der Waals surface area contributed by atoms with Gasteiger partial charge in [-0.2, -0.15) is 9.50 Å². The van der Waals surface area contributed by atoms with E-state index >= 15 is 0 Å². The first-order chi connectivity index (χ1) is 12.5. The third-order valence-electron chi connectivity index (χ3n) is 3.73. The molecule has 0 spiro atoms. The number of hydrogen-bond donors (Lipinski definition) is 1. The van der Waals surface area contributed by atoms with Crippen molar-refractivity contribution in [3.8, 4) is 22.5 Å². The summed E-state index contributed by atoms with van der Waals surface area (Å²) in [6, 6.07) is 21.3. The maximum absolute atomic E-state index is 11.5. The molecule has 26 heavy (non-hydrogen) atoms. The van der Waals surface area contributed by atoms with Crippen LogP contribution in [0, 0.1) is 0 Å². The molecule has 0 amide bonds. The predicted octanol–water partition coefficient (Wildman–Crippen LogP) is 2.83. The van der Waals surface area contributed by atoms with Gasteiger partial charge in [0.1, 0.15) is 0 Å². The van der Waals surface area contributed by atoms with Crippen molar-refractivity contribution >= 4 is 21.7 Å². The summed E-state index contributed by atoms with van der Waals surface area (Å²) in [4.78, 5) is 8.76. The van der Waals surface area contributed by atoms with Crippen molar-refractivity contribution in [2.75, 3.05) is 11.0 Å². The topological polar surface area (TPSA) is 89.2 Å². The standard InChI is InChI=1S/C18H15N5O2S/c1-26(24,25)22-17-20-18-19-15(13-8-4-2-5-9-13)12-16(23(18)21-17)14-10-6-3-7-11-14/h2-12H,1H3,(H,21,22). The lowest BCUT2D eigenvalue weighted by Crippen LogP contribution is -2.10. The summed E-state index contributed by atoms with van der Waals surface area (Å²) in [7, 11) is -3.48. The molecule has 0 radical (unpaired) electrons. The first-order valence-electron chi connectivity index (χ1n) is 7.86. The summed E-state index contributed by atoms with van der Waals surface area (Å²) in [6.45, 7) is 0. The summed E-state index contributed by atoms with van der Waals surface area (Å²) >= 11 is 0. The molecule has 0 saturated heterocycles. The quantitative estimate of drug-likeness (QED) is 0.601. The third-order valence-corrected chi connectivity index (χ3v) is 4.28. The van der Waals surface area contributed by atoms with Crippen molar-refractivity contribution in [1.29, 1.82) is 0 Å². The molecule has 130 valence electrons. The molecule has 0 bridgehead atoms. The molecule has 0 unspecified atom stereocenters. The number of hydrogen-bond acceptors (Lipinski definition) is 5. The van der Waals surface area contributed by atoms with Crippen LogP contribution in [0.15, 0.2) is 66.7 Å². The summed E-state index contributed by atoms with van der Waals surface area (Å²) in [6.07, 6.45) is 1.06. The van der Waals surface area contributed by atoms with E-state index in [0.29, 0.717) is 5.78 Å². The van der Waals surface area contributed by atoms with Crippen LogP contribution in [0.1, 0.15) is 0 Å². The van der Waals surface area contributed by atoms with Gasteiger partial charge in [0.05, 0.1) is 17.6 Å². The molecular weight excluding hydrogens is 350 g/mol. The normalized spacial score (nSPS) is 11.6. The Balaban J connectivity index is 1.96. The Morgan fingerprint density at radius 1 is 0.885 bits per heavy atom. The van der Waals surface area contributed by atoms with Crippen LogP contribution < -0.4 is 4.72 Å². The predicted molar refractivity (Wildman–Crippen MR) is 100 cm³/mol. The lowest BCUT2D eigenvalue weighted by atomic mass is 10.1. The van der Waals surface area contributed by atoms with Crippen LogP contribution in [0.2, 0.25) is 0 Å². The van der Waals surface area contributed by atoms with E-state index < -0.39 is 10.0 Å². The van der Waals surface area contributed by atoms with Gasteiger partial charge in [0, 0.05) is 11.1 Å². The molecule has 2 aromatic heterocycles. The second-order valence-corrected chi connectivity index (χ2v) is 7.53. The first-order valence-corrected chi connectivity index (χ1v) is 9.75. The van der Waals surface area contributed by atoms with Gasteiger partial charge in [-0.15, -0.1) is 5.10 Å². The highest BCUT2D eigenvalue weighted by Gasteiger charge is 2.15. The number of sulfonamides is 1. The zero-order valence-electron chi connectivity index (χ0n) is 13.9. The van der Waals surface area contributed by atoms with Crippen LogP contribution >= 0.6 is 0 Å². The average molecular weight is 365 g/mol. The second kappa shape index (κ2) is 6.23. The highest BCUT2D eigenvalue weighted by Crippen LogP contribution is 2.26. The molecule has 4 aromatic rings. The van der Waals surface area contributed by atoms with Crippen LogP contribution in [-0.4, -0.2) is 34.3 Å². The molecule has 2 aromatic carbocycles. The Morgan fingerprint density at radius 3 is 2.12 bits per heavy atom. The third kappa shape index (κ3) is 3.27. The van der Waals surface area contributed by atoms with Crippen LogP contribution in [-0.2, 0) is 10.0 Å². The molecule has 7 nitrogen and oxygen atoms in total. The van der Waals surface area contributed by atoms with Crippen molar-refractivity contribution in [3.05, 3.63) is 66.7 Å². The molecule has 0 atom stereocenters. The highest BCUT2D eigenvalue weighted by molar-refractivity contribution is 7.91. The van der Waals surface area contributed by atoms with Gasteiger partial charge in [0.2, 0.25) is 10.0 Å². The fourth-order valence-electron chi connectivity index (χ4n) is 2.65. The number of aromatic nitrogens is 4. The Morgan fingerprint density at radius 2 is 1.50 bits per heavy atom. The lowest BCUT2D eigenvalue weighted by Gasteiger charge is -2.07. The minimum atomic E-state index is -3.48. The van der Waals surface area contributed by atoms with Crippen LogP contribution in [0.5, 0.6) is 0 Å². The Labute approximate surface area is 150 Å². The largest absolute Gasteiger partial charge is 0.258 e. The lowest BCUT2D eigenvalue weighted by molar-refractivity contribution is 0.606. The molecule has 4 rings (SSSR count). The van der Waals surface area contributed by atoms with Gasteiger partial charge in [-0.1, -0.05) is 60.7 Å². The van der Waals surface area contributed by atoms with E-state index in [-0.39, 0.29) is 5.95 Å². The van der Waals surface area contributed by atoms with Crippen LogP contribution in [0.4, 0.5) is 5.95 Å². The number of anilines is 1. The van der Waals surface area contributed by atoms with E-state index in [9.17, 15) is 8.42 Å². The van der Waals surface area contributed by atoms with Gasteiger partial charge < -0.3 is 0 Å². The van der Waals surface area contributed by atoms with Crippen LogP contribution in [0.25, 0.3) is 28.3 Å². The molecule has 0 aliphatic heterocycles. The summed E-state index contributed by atoms with van der Waals surface area (Å²) in [5, 5.41) is 4.26. The summed E-state index contributed by atoms with van der Waals surface area (Å²) < 4.78 is 26.8. The van der Waals surface area contributed by atoms with Gasteiger partial charge in [-0.3, -0.25) is 4.72 Å². The van der Waals surface area contributed by atoms with E-state index in [1.807, 2.05) is 66.7 Å². The van der Waals surface area contributed by atoms with E-state index in [1.165, 1.54) is 4.52 Å². The fraction of sp³-hybridized carbons (Fsp3) is 0.0556. The number of benzene rings is 2. The van der Waals surface area contributed by atoms with Crippen molar-refractivity contribution in [2.45, 2.75) is 0 Å². The van der Waals surface area contributed by atoms with Gasteiger partial charge >= 0.3 is 0 Å². The molecule has 8 heteroatoms. The summed E-state index contributed by atoms with van der Waals surface area (Å²) in [5.74, 6) is 0.304. The molecule has 0 aliphatic rings. The maximum Gasteiger partial charge on any atom is 0.258 e. The van der Waals surface area contributed by atoms with Crippen molar-refractivity contribution in [3.63, 3.8) is 0 Å². The highest BCUT2D eigenvalue weighted by atomic mass is 32.2. The smallest absolute Gasteiger partial charge is 0.250 e. The second-order valence-electron chi connectivity index (χ2n) is 5.78. The van der Waals surface area contributed by atoms with Gasteiger partial charge in [-0.05, 0) is 6.07 Å². The zero-order chi connectivity index (χ0) is 18.1. The average Bonchev–Trinajstić information content (AvgIpc) is 3.02. The fourth-order valence-corrected chi connectivity index (χ4v) is 3.07. The number of nitrogens with one attached hydrogen (secondary N) is 1. The van der Waals surface area contributed by atoms with Crippen LogP contribution in [0.3, 0.4) is 0 Å². The Bertz CT molecular complexity index is 1170. The molecule has 0 saturated carbocycles. The molecule has 0 fully saturated rings.